The van der Waals surface area contributed by atoms with Gasteiger partial charge < -0.3 is 14.3 Å². The molecular weight excluding hydrogens is 452 g/mol. The molecule has 0 unspecified atom stereocenters. The largest absolute Gasteiger partial charge is 0.419 e. The Balaban J connectivity index is 1.32. The molecule has 9 heteroatoms. The molecule has 0 amide bonds. The number of nitrogens with one attached hydrogen (secondary N) is 1. The number of anilines is 1. The third-order valence-corrected chi connectivity index (χ3v) is 9.43. The Labute approximate surface area is 197 Å². The fourth-order valence-corrected chi connectivity index (χ4v) is 6.87. The lowest BCUT2D eigenvalue weighted by Crippen LogP contribution is -2.51. The topological polar surface area (TPSA) is 89.5 Å². The number of aromatic nitrogens is 2. The van der Waals surface area contributed by atoms with Gasteiger partial charge in [0, 0.05) is 38.1 Å². The highest BCUT2D eigenvalue weighted by Gasteiger charge is 2.44. The van der Waals surface area contributed by atoms with E-state index in [0.29, 0.717) is 31.4 Å². The summed E-state index contributed by atoms with van der Waals surface area (Å²) in [6.45, 7) is 5.03. The van der Waals surface area contributed by atoms with Crippen LogP contribution in [-0.4, -0.2) is 34.9 Å². The lowest BCUT2D eigenvalue weighted by Gasteiger charge is -2.46. The van der Waals surface area contributed by atoms with E-state index in [9.17, 15) is 13.2 Å². The number of oxazole rings is 1. The van der Waals surface area contributed by atoms with Crippen molar-refractivity contribution in [2.45, 2.75) is 37.1 Å². The summed E-state index contributed by atoms with van der Waals surface area (Å²) in [5.41, 5.74) is 6.39. The van der Waals surface area contributed by atoms with Gasteiger partial charge >= 0.3 is 5.76 Å². The van der Waals surface area contributed by atoms with Crippen LogP contribution in [0.3, 0.4) is 0 Å². The molecule has 2 aromatic carbocycles. The zero-order valence-corrected chi connectivity index (χ0v) is 20.1. The van der Waals surface area contributed by atoms with Crippen LogP contribution in [0.4, 0.5) is 5.69 Å². The first-order valence-corrected chi connectivity index (χ1v) is 12.8. The zero-order chi connectivity index (χ0) is 23.8. The van der Waals surface area contributed by atoms with Crippen LogP contribution in [0.25, 0.3) is 16.8 Å². The van der Waals surface area contributed by atoms with E-state index >= 15 is 0 Å². The Bertz CT molecular complexity index is 1620. The van der Waals surface area contributed by atoms with E-state index in [2.05, 4.69) is 54.2 Å². The van der Waals surface area contributed by atoms with E-state index in [-0.39, 0.29) is 16.0 Å². The molecule has 4 aromatic rings. The van der Waals surface area contributed by atoms with E-state index in [4.69, 9.17) is 4.42 Å². The van der Waals surface area contributed by atoms with Crippen molar-refractivity contribution >= 4 is 26.8 Å². The van der Waals surface area contributed by atoms with Crippen molar-refractivity contribution in [1.29, 1.82) is 0 Å². The second-order valence-electron chi connectivity index (χ2n) is 9.33. The van der Waals surface area contributed by atoms with E-state index in [1.54, 1.807) is 19.2 Å². The quantitative estimate of drug-likeness (QED) is 0.475. The fourth-order valence-electron chi connectivity index (χ4n) is 5.41. The maximum atomic E-state index is 13.4. The first kappa shape index (κ1) is 21.2. The van der Waals surface area contributed by atoms with Crippen molar-refractivity contribution in [3.8, 4) is 5.69 Å². The van der Waals surface area contributed by atoms with Crippen LogP contribution >= 0.6 is 0 Å². The summed E-state index contributed by atoms with van der Waals surface area (Å²) in [6, 6.07) is 13.0. The fraction of sp³-hybridized carbons (Fsp3) is 0.320. The van der Waals surface area contributed by atoms with Gasteiger partial charge in [-0.05, 0) is 68.1 Å². The van der Waals surface area contributed by atoms with Gasteiger partial charge in [0.2, 0.25) is 10.0 Å². The standard InChI is InChI=1S/C25H26N4O4S/c1-16-6-8-19-23(17(16)2)29-12-4-5-22(29)25(26-19)10-13-28(14-11-25)34(31,32)18-7-9-20-21(15-18)33-24(30)27(20)3/h4-9,12,15,26H,10-11,13-14H2,1-3H3. The summed E-state index contributed by atoms with van der Waals surface area (Å²) in [4.78, 5) is 11.9. The van der Waals surface area contributed by atoms with Crippen molar-refractivity contribution in [1.82, 2.24) is 13.4 Å². The second-order valence-corrected chi connectivity index (χ2v) is 11.3. The Morgan fingerprint density at radius 3 is 2.59 bits per heavy atom. The lowest BCUT2D eigenvalue weighted by atomic mass is 9.82. The number of hydrogen-bond acceptors (Lipinski definition) is 5. The van der Waals surface area contributed by atoms with E-state index in [1.807, 2.05) is 0 Å². The van der Waals surface area contributed by atoms with Crippen LogP contribution in [0.5, 0.6) is 0 Å². The van der Waals surface area contributed by atoms with Crippen molar-refractivity contribution in [3.05, 3.63) is 76.0 Å². The molecule has 2 aromatic heterocycles. The SMILES string of the molecule is Cc1ccc2c(c1C)-n1cccc1C1(CCN(S(=O)(=O)c3ccc4c(c3)oc(=O)n4C)CC1)N2. The highest BCUT2D eigenvalue weighted by atomic mass is 32.2. The highest BCUT2D eigenvalue weighted by molar-refractivity contribution is 7.89. The number of sulfonamides is 1. The molecule has 1 saturated heterocycles. The Morgan fingerprint density at radius 1 is 1.06 bits per heavy atom. The van der Waals surface area contributed by atoms with Gasteiger partial charge in [0.1, 0.15) is 0 Å². The minimum absolute atomic E-state index is 0.140. The van der Waals surface area contributed by atoms with E-state index in [0.717, 1.165) is 5.69 Å². The van der Waals surface area contributed by atoms with Gasteiger partial charge in [0.05, 0.1) is 27.3 Å². The minimum Gasteiger partial charge on any atom is -0.408 e. The molecule has 1 spiro atoms. The number of rotatable bonds is 2. The summed E-state index contributed by atoms with van der Waals surface area (Å²) < 4.78 is 37.2. The number of nitrogens with zero attached hydrogens (tertiary/aromatic N) is 3. The van der Waals surface area contributed by atoms with E-state index in [1.165, 1.54) is 37.4 Å². The molecular formula is C25H26N4O4S. The number of piperidine rings is 1. The van der Waals surface area contributed by atoms with Crippen LogP contribution in [0.15, 0.2) is 62.8 Å². The van der Waals surface area contributed by atoms with Crippen molar-refractivity contribution < 1.29 is 12.8 Å². The molecule has 0 saturated carbocycles. The average Bonchev–Trinajstić information content (AvgIpc) is 3.42. The maximum absolute atomic E-state index is 13.4. The average molecular weight is 479 g/mol. The molecule has 176 valence electrons. The zero-order valence-electron chi connectivity index (χ0n) is 19.3. The second kappa shape index (κ2) is 7.10. The number of hydrogen-bond donors (Lipinski definition) is 1. The summed E-state index contributed by atoms with van der Waals surface area (Å²) in [5.74, 6) is -0.512. The molecule has 2 aliphatic rings. The van der Waals surface area contributed by atoms with Crippen LogP contribution in [-0.2, 0) is 22.6 Å². The Kier molecular flexibility index (Phi) is 4.44. The number of benzene rings is 2. The van der Waals surface area contributed by atoms with Gasteiger partial charge in [-0.3, -0.25) is 4.57 Å². The lowest BCUT2D eigenvalue weighted by molar-refractivity contribution is 0.247. The molecule has 34 heavy (non-hydrogen) atoms. The maximum Gasteiger partial charge on any atom is 0.419 e. The predicted octanol–water partition coefficient (Wildman–Crippen LogP) is 3.64. The monoisotopic (exact) mass is 478 g/mol. The normalized spacial score (nSPS) is 17.5. The summed E-state index contributed by atoms with van der Waals surface area (Å²) in [5, 5.41) is 3.77. The third-order valence-electron chi connectivity index (χ3n) is 7.53. The molecule has 4 heterocycles. The first-order chi connectivity index (χ1) is 16.2. The van der Waals surface area contributed by atoms with Gasteiger partial charge in [-0.2, -0.15) is 4.31 Å². The molecule has 0 bridgehead atoms. The van der Waals surface area contributed by atoms with Gasteiger partial charge in [-0.1, -0.05) is 6.07 Å². The molecule has 1 N–H and O–H groups in total. The van der Waals surface area contributed by atoms with Crippen LogP contribution in [0, 0.1) is 13.8 Å². The van der Waals surface area contributed by atoms with Gasteiger partial charge in [0.25, 0.3) is 0 Å². The minimum atomic E-state index is -3.72. The van der Waals surface area contributed by atoms with Crippen LogP contribution in [0.2, 0.25) is 0 Å². The number of aryl methyl sites for hydroxylation is 2. The molecule has 0 aliphatic carbocycles. The first-order valence-electron chi connectivity index (χ1n) is 11.4. The number of fused-ring (bicyclic) bond motifs is 5. The van der Waals surface area contributed by atoms with Gasteiger partial charge in [0.15, 0.2) is 5.58 Å². The third kappa shape index (κ3) is 2.86. The molecule has 6 rings (SSSR count). The van der Waals surface area contributed by atoms with Crippen molar-refractivity contribution in [2.75, 3.05) is 18.4 Å². The van der Waals surface area contributed by atoms with Crippen LogP contribution < -0.4 is 11.1 Å². The molecule has 8 nitrogen and oxygen atoms in total. The van der Waals surface area contributed by atoms with Crippen molar-refractivity contribution in [3.63, 3.8) is 0 Å². The van der Waals surface area contributed by atoms with E-state index < -0.39 is 15.8 Å². The summed E-state index contributed by atoms with van der Waals surface area (Å²) in [6.07, 6.45) is 3.38. The molecule has 0 radical (unpaired) electrons. The van der Waals surface area contributed by atoms with Crippen LogP contribution in [0.1, 0.15) is 29.7 Å². The summed E-state index contributed by atoms with van der Waals surface area (Å²) >= 11 is 0. The Morgan fingerprint density at radius 2 is 1.82 bits per heavy atom. The highest BCUT2D eigenvalue weighted by Crippen LogP contribution is 2.45. The smallest absolute Gasteiger partial charge is 0.408 e. The summed E-state index contributed by atoms with van der Waals surface area (Å²) in [7, 11) is -2.12. The van der Waals surface area contributed by atoms with Gasteiger partial charge in [-0.25, -0.2) is 13.2 Å². The molecule has 1 fully saturated rings. The molecule has 0 atom stereocenters. The van der Waals surface area contributed by atoms with Gasteiger partial charge in [-0.15, -0.1) is 0 Å². The molecule has 2 aliphatic heterocycles. The predicted molar refractivity (Wildman–Crippen MR) is 130 cm³/mol. The Hall–Kier alpha value is -3.30. The van der Waals surface area contributed by atoms with Crippen molar-refractivity contribution in [2.24, 2.45) is 7.05 Å².